The second-order valence-electron chi connectivity index (χ2n) is 4.96. The van der Waals surface area contributed by atoms with Crippen molar-refractivity contribution < 1.29 is 18.5 Å². The monoisotopic (exact) mass is 280 g/mol. The lowest BCUT2D eigenvalue weighted by molar-refractivity contribution is -0.228. The first-order valence-electron chi connectivity index (χ1n) is 6.71. The first-order chi connectivity index (χ1) is 8.33. The van der Waals surface area contributed by atoms with E-state index in [-0.39, 0.29) is 12.7 Å². The molecule has 110 valence electrons. The van der Waals surface area contributed by atoms with Crippen LogP contribution >= 0.6 is 7.82 Å². The van der Waals surface area contributed by atoms with Crippen LogP contribution in [0.4, 0.5) is 0 Å². The molecule has 0 aromatic carbocycles. The Balaban J connectivity index is 3.37. The van der Waals surface area contributed by atoms with Gasteiger partial charge in [-0.2, -0.15) is 0 Å². The number of phosphoric ester groups is 1. The van der Waals surface area contributed by atoms with Crippen molar-refractivity contribution in [2.45, 2.75) is 65.5 Å². The van der Waals surface area contributed by atoms with Crippen LogP contribution in [0.25, 0.3) is 0 Å². The molecule has 18 heavy (non-hydrogen) atoms. The topological polar surface area (TPSA) is 70.6 Å². The average Bonchev–Trinajstić information content (AvgIpc) is 2.19. The van der Waals surface area contributed by atoms with Crippen LogP contribution in [0.15, 0.2) is 0 Å². The molecule has 5 nitrogen and oxygen atoms in total. The van der Waals surface area contributed by atoms with Crippen molar-refractivity contribution in [3.63, 3.8) is 0 Å². The van der Waals surface area contributed by atoms with Crippen LogP contribution in [-0.2, 0) is 13.6 Å². The molecule has 0 spiro atoms. The maximum atomic E-state index is 11.2. The van der Waals surface area contributed by atoms with Crippen molar-refractivity contribution in [2.24, 2.45) is 0 Å². The summed E-state index contributed by atoms with van der Waals surface area (Å²) in [6, 6.07) is 0.521. The van der Waals surface area contributed by atoms with E-state index in [4.69, 9.17) is 4.52 Å². The van der Waals surface area contributed by atoms with Gasteiger partial charge >= 0.3 is 0 Å². The van der Waals surface area contributed by atoms with Gasteiger partial charge in [0.2, 0.25) is 0 Å². The van der Waals surface area contributed by atoms with Crippen LogP contribution in [0.1, 0.15) is 53.4 Å². The molecule has 0 aliphatic rings. The number of rotatable bonds is 11. The smallest absolute Gasteiger partial charge is 0.268 e. The zero-order valence-electron chi connectivity index (χ0n) is 12.0. The van der Waals surface area contributed by atoms with Gasteiger partial charge in [-0.15, -0.1) is 0 Å². The highest BCUT2D eigenvalue weighted by molar-refractivity contribution is 7.45. The quantitative estimate of drug-likeness (QED) is 0.465. The molecule has 1 atom stereocenters. The van der Waals surface area contributed by atoms with Crippen molar-refractivity contribution >= 4 is 7.82 Å². The van der Waals surface area contributed by atoms with Gasteiger partial charge in [0.15, 0.2) is 0 Å². The number of nitrogens with one attached hydrogen (secondary N) is 1. The zero-order valence-corrected chi connectivity index (χ0v) is 12.9. The van der Waals surface area contributed by atoms with E-state index in [1.54, 1.807) is 13.8 Å². The molecule has 0 heterocycles. The van der Waals surface area contributed by atoms with E-state index >= 15 is 0 Å². The Bertz CT molecular complexity index is 246. The highest BCUT2D eigenvalue weighted by Gasteiger charge is 2.10. The van der Waals surface area contributed by atoms with Gasteiger partial charge in [-0.1, -0.05) is 26.7 Å². The first kappa shape index (κ1) is 18.1. The minimum absolute atomic E-state index is 0.213. The van der Waals surface area contributed by atoms with Gasteiger partial charge in [0, 0.05) is 6.04 Å². The van der Waals surface area contributed by atoms with Gasteiger partial charge in [-0.3, -0.25) is 4.57 Å². The second-order valence-corrected chi connectivity index (χ2v) is 6.32. The molecular weight excluding hydrogens is 253 g/mol. The van der Waals surface area contributed by atoms with Gasteiger partial charge < -0.3 is 19.3 Å². The normalized spacial score (nSPS) is 15.3. The molecular formula is C12H27NO4P-. The van der Waals surface area contributed by atoms with Crippen LogP contribution in [0.5, 0.6) is 0 Å². The summed E-state index contributed by atoms with van der Waals surface area (Å²) in [4.78, 5) is 11.2. The fourth-order valence-corrected chi connectivity index (χ4v) is 2.37. The van der Waals surface area contributed by atoms with Crippen LogP contribution in [0.2, 0.25) is 0 Å². The highest BCUT2D eigenvalue weighted by atomic mass is 31.2. The lowest BCUT2D eigenvalue weighted by Crippen LogP contribution is -2.23. The SMILES string of the molecule is CC(C)NCCCCCCOP(=O)([O-])OC(C)C. The van der Waals surface area contributed by atoms with Crippen molar-refractivity contribution in [2.75, 3.05) is 13.2 Å². The molecule has 0 fully saturated rings. The van der Waals surface area contributed by atoms with Gasteiger partial charge in [0.25, 0.3) is 7.82 Å². The maximum absolute atomic E-state index is 11.2. The van der Waals surface area contributed by atoms with E-state index in [0.717, 1.165) is 32.2 Å². The number of unbranched alkanes of at least 4 members (excludes halogenated alkanes) is 3. The molecule has 0 amide bonds. The second kappa shape index (κ2) is 9.93. The van der Waals surface area contributed by atoms with Gasteiger partial charge in [0.05, 0.1) is 12.7 Å². The van der Waals surface area contributed by atoms with E-state index < -0.39 is 7.82 Å². The Labute approximate surface area is 111 Å². The molecule has 1 N–H and O–H groups in total. The van der Waals surface area contributed by atoms with E-state index in [2.05, 4.69) is 23.7 Å². The van der Waals surface area contributed by atoms with Crippen LogP contribution in [0, 0.1) is 0 Å². The molecule has 0 aliphatic heterocycles. The lowest BCUT2D eigenvalue weighted by atomic mass is 10.2. The lowest BCUT2D eigenvalue weighted by Gasteiger charge is -2.24. The third-order valence-electron chi connectivity index (χ3n) is 2.21. The highest BCUT2D eigenvalue weighted by Crippen LogP contribution is 2.39. The summed E-state index contributed by atoms with van der Waals surface area (Å²) < 4.78 is 20.6. The largest absolute Gasteiger partial charge is 0.756 e. The van der Waals surface area contributed by atoms with Crippen molar-refractivity contribution in [1.82, 2.24) is 5.32 Å². The summed E-state index contributed by atoms with van der Waals surface area (Å²) in [5.41, 5.74) is 0. The predicted molar refractivity (Wildman–Crippen MR) is 71.4 cm³/mol. The van der Waals surface area contributed by atoms with Crippen molar-refractivity contribution in [3.05, 3.63) is 0 Å². The Morgan fingerprint density at radius 3 is 2.28 bits per heavy atom. The van der Waals surface area contributed by atoms with Gasteiger partial charge in [-0.25, -0.2) is 0 Å². The molecule has 0 aromatic heterocycles. The van der Waals surface area contributed by atoms with E-state index in [1.807, 2.05) is 0 Å². The average molecular weight is 280 g/mol. The fourth-order valence-electron chi connectivity index (χ4n) is 1.44. The van der Waals surface area contributed by atoms with E-state index in [0.29, 0.717) is 6.04 Å². The third kappa shape index (κ3) is 12.5. The van der Waals surface area contributed by atoms with Gasteiger partial charge in [0.1, 0.15) is 0 Å². The molecule has 0 saturated heterocycles. The number of phosphoric acid groups is 1. The summed E-state index contributed by atoms with van der Waals surface area (Å²) in [5, 5.41) is 3.34. The van der Waals surface area contributed by atoms with E-state index in [1.165, 1.54) is 0 Å². The Morgan fingerprint density at radius 1 is 1.11 bits per heavy atom. The molecule has 0 radical (unpaired) electrons. The molecule has 0 aliphatic carbocycles. The zero-order chi connectivity index (χ0) is 14.0. The third-order valence-corrected chi connectivity index (χ3v) is 3.39. The number of hydrogen-bond acceptors (Lipinski definition) is 5. The summed E-state index contributed by atoms with van der Waals surface area (Å²) >= 11 is 0. The molecule has 1 unspecified atom stereocenters. The summed E-state index contributed by atoms with van der Waals surface area (Å²) in [5.74, 6) is 0. The molecule has 0 aromatic rings. The Morgan fingerprint density at radius 2 is 1.72 bits per heavy atom. The Hall–Kier alpha value is 0.0700. The molecule has 0 bridgehead atoms. The summed E-state index contributed by atoms with van der Waals surface area (Å²) in [6.45, 7) is 8.79. The Kier molecular flexibility index (Phi) is 9.97. The van der Waals surface area contributed by atoms with Crippen molar-refractivity contribution in [3.8, 4) is 0 Å². The van der Waals surface area contributed by atoms with Crippen molar-refractivity contribution in [1.29, 1.82) is 0 Å². The number of hydrogen-bond donors (Lipinski definition) is 1. The fraction of sp³-hybridized carbons (Fsp3) is 1.00. The molecule has 0 rings (SSSR count). The summed E-state index contributed by atoms with van der Waals surface area (Å²) in [6.07, 6.45) is 3.54. The van der Waals surface area contributed by atoms with E-state index in [9.17, 15) is 9.46 Å². The summed E-state index contributed by atoms with van der Waals surface area (Å²) in [7, 11) is -4.09. The van der Waals surface area contributed by atoms with Crippen LogP contribution in [0.3, 0.4) is 0 Å². The van der Waals surface area contributed by atoms with Crippen LogP contribution < -0.4 is 10.2 Å². The minimum atomic E-state index is -4.09. The predicted octanol–water partition coefficient (Wildman–Crippen LogP) is 2.45. The first-order valence-corrected chi connectivity index (χ1v) is 8.17. The minimum Gasteiger partial charge on any atom is -0.756 e. The standard InChI is InChI=1S/C12H28NO4P/c1-11(2)13-9-7-5-6-8-10-16-18(14,15)17-12(3)4/h11-13H,5-10H2,1-4H3,(H,14,15)/p-1. The van der Waals surface area contributed by atoms with Crippen LogP contribution in [-0.4, -0.2) is 25.3 Å². The molecule has 6 heteroatoms. The maximum Gasteiger partial charge on any atom is 0.268 e. The van der Waals surface area contributed by atoms with Gasteiger partial charge in [-0.05, 0) is 33.2 Å². The molecule has 0 saturated carbocycles.